The standard InChI is InChI=1S/C20H36N4O3/c1-6-9-24(18(26)13-21-17(25)12-20(2,3)4)15-7-11-23(14-15)16-8-10-22(5)19(16)27/h15-16H,6-14H2,1-5H3,(H,21,25). The van der Waals surface area contributed by atoms with Crippen molar-refractivity contribution in [3.63, 3.8) is 0 Å². The Hall–Kier alpha value is -1.63. The monoisotopic (exact) mass is 380 g/mol. The van der Waals surface area contributed by atoms with Crippen LogP contribution in [0.25, 0.3) is 0 Å². The summed E-state index contributed by atoms with van der Waals surface area (Å²) in [6, 6.07) is 0.0840. The summed E-state index contributed by atoms with van der Waals surface area (Å²) < 4.78 is 0. The molecular formula is C20H36N4O3. The molecule has 2 aliphatic rings. The van der Waals surface area contributed by atoms with Crippen LogP contribution in [0.5, 0.6) is 0 Å². The lowest BCUT2D eigenvalue weighted by Crippen LogP contribution is -2.48. The molecule has 0 bridgehead atoms. The highest BCUT2D eigenvalue weighted by Gasteiger charge is 2.39. The highest BCUT2D eigenvalue weighted by molar-refractivity contribution is 5.85. The van der Waals surface area contributed by atoms with Crippen molar-refractivity contribution in [1.29, 1.82) is 0 Å². The van der Waals surface area contributed by atoms with Gasteiger partial charge in [-0.05, 0) is 24.7 Å². The molecule has 7 heteroatoms. The number of amides is 3. The van der Waals surface area contributed by atoms with Gasteiger partial charge in [-0.1, -0.05) is 27.7 Å². The molecule has 2 heterocycles. The summed E-state index contributed by atoms with van der Waals surface area (Å²) in [5.41, 5.74) is -0.0941. The molecule has 2 rings (SSSR count). The molecule has 27 heavy (non-hydrogen) atoms. The predicted molar refractivity (Wildman–Crippen MR) is 105 cm³/mol. The van der Waals surface area contributed by atoms with Crippen molar-refractivity contribution in [2.24, 2.45) is 5.41 Å². The van der Waals surface area contributed by atoms with Gasteiger partial charge in [0.15, 0.2) is 0 Å². The first-order valence-corrected chi connectivity index (χ1v) is 10.2. The van der Waals surface area contributed by atoms with Crippen LogP contribution >= 0.6 is 0 Å². The van der Waals surface area contributed by atoms with Gasteiger partial charge in [-0.15, -0.1) is 0 Å². The summed E-state index contributed by atoms with van der Waals surface area (Å²) in [5.74, 6) is 0.0826. The van der Waals surface area contributed by atoms with Crippen molar-refractivity contribution in [3.05, 3.63) is 0 Å². The number of hydrogen-bond acceptors (Lipinski definition) is 4. The van der Waals surface area contributed by atoms with Crippen LogP contribution in [-0.4, -0.2) is 84.3 Å². The van der Waals surface area contributed by atoms with Crippen LogP contribution in [0.4, 0.5) is 0 Å². The van der Waals surface area contributed by atoms with Gasteiger partial charge in [-0.25, -0.2) is 0 Å². The molecule has 2 saturated heterocycles. The Kier molecular flexibility index (Phi) is 7.25. The van der Waals surface area contributed by atoms with Crippen LogP contribution in [0.3, 0.4) is 0 Å². The molecule has 7 nitrogen and oxygen atoms in total. The first-order valence-electron chi connectivity index (χ1n) is 10.2. The molecule has 2 atom stereocenters. The fourth-order valence-corrected chi connectivity index (χ4v) is 4.02. The third-order valence-electron chi connectivity index (χ3n) is 5.39. The summed E-state index contributed by atoms with van der Waals surface area (Å²) in [7, 11) is 1.85. The van der Waals surface area contributed by atoms with E-state index in [-0.39, 0.29) is 41.8 Å². The molecule has 0 aliphatic carbocycles. The zero-order valence-electron chi connectivity index (χ0n) is 17.6. The molecule has 0 spiro atoms. The zero-order valence-corrected chi connectivity index (χ0v) is 17.6. The minimum atomic E-state index is -0.0941. The van der Waals surface area contributed by atoms with Crippen molar-refractivity contribution in [1.82, 2.24) is 20.0 Å². The van der Waals surface area contributed by atoms with Gasteiger partial charge in [-0.2, -0.15) is 0 Å². The molecule has 154 valence electrons. The van der Waals surface area contributed by atoms with E-state index in [1.54, 1.807) is 4.90 Å². The minimum absolute atomic E-state index is 0.0270. The number of likely N-dealkylation sites (tertiary alicyclic amines) is 2. The van der Waals surface area contributed by atoms with E-state index in [0.717, 1.165) is 38.9 Å². The van der Waals surface area contributed by atoms with Crippen molar-refractivity contribution < 1.29 is 14.4 Å². The average molecular weight is 381 g/mol. The number of carbonyl (C=O) groups is 3. The lowest BCUT2D eigenvalue weighted by Gasteiger charge is -2.30. The van der Waals surface area contributed by atoms with Gasteiger partial charge in [-0.3, -0.25) is 19.3 Å². The van der Waals surface area contributed by atoms with E-state index in [1.165, 1.54) is 0 Å². The number of carbonyl (C=O) groups excluding carboxylic acids is 3. The van der Waals surface area contributed by atoms with E-state index in [2.05, 4.69) is 17.1 Å². The molecule has 2 unspecified atom stereocenters. The van der Waals surface area contributed by atoms with Crippen molar-refractivity contribution in [2.45, 2.75) is 65.5 Å². The molecular weight excluding hydrogens is 344 g/mol. The second-order valence-electron chi connectivity index (χ2n) is 9.10. The van der Waals surface area contributed by atoms with Crippen molar-refractivity contribution >= 4 is 17.7 Å². The second kappa shape index (κ2) is 9.04. The van der Waals surface area contributed by atoms with Crippen LogP contribution in [0, 0.1) is 5.41 Å². The first kappa shape index (κ1) is 21.7. The number of nitrogens with one attached hydrogen (secondary N) is 1. The zero-order chi connectivity index (χ0) is 20.2. The largest absolute Gasteiger partial charge is 0.347 e. The predicted octanol–water partition coefficient (Wildman–Crippen LogP) is 1.08. The van der Waals surface area contributed by atoms with Gasteiger partial charge < -0.3 is 15.1 Å². The molecule has 2 fully saturated rings. The fraction of sp³-hybridized carbons (Fsp3) is 0.850. The fourth-order valence-electron chi connectivity index (χ4n) is 4.02. The Morgan fingerprint density at radius 2 is 1.93 bits per heavy atom. The number of likely N-dealkylation sites (N-methyl/N-ethyl adjacent to an activating group) is 1. The molecule has 2 aliphatic heterocycles. The Labute approximate surface area is 163 Å². The highest BCUT2D eigenvalue weighted by atomic mass is 16.2. The van der Waals surface area contributed by atoms with Crippen LogP contribution < -0.4 is 5.32 Å². The topological polar surface area (TPSA) is 73.0 Å². The van der Waals surface area contributed by atoms with Crippen molar-refractivity contribution in [2.75, 3.05) is 39.8 Å². The maximum Gasteiger partial charge on any atom is 0.242 e. The third kappa shape index (κ3) is 5.92. The van der Waals surface area contributed by atoms with Crippen LogP contribution in [0.2, 0.25) is 0 Å². The summed E-state index contributed by atoms with van der Waals surface area (Å²) in [5, 5.41) is 2.78. The molecule has 1 N–H and O–H groups in total. The summed E-state index contributed by atoms with van der Waals surface area (Å²) in [6.07, 6.45) is 3.04. The van der Waals surface area contributed by atoms with Gasteiger partial charge >= 0.3 is 0 Å². The maximum atomic E-state index is 12.8. The third-order valence-corrected chi connectivity index (χ3v) is 5.39. The van der Waals surface area contributed by atoms with Gasteiger partial charge in [0.1, 0.15) is 0 Å². The molecule has 0 aromatic rings. The van der Waals surface area contributed by atoms with E-state index in [9.17, 15) is 14.4 Å². The quantitative estimate of drug-likeness (QED) is 0.717. The lowest BCUT2D eigenvalue weighted by molar-refractivity contribution is -0.135. The van der Waals surface area contributed by atoms with E-state index >= 15 is 0 Å². The van der Waals surface area contributed by atoms with E-state index in [4.69, 9.17) is 0 Å². The molecule has 0 radical (unpaired) electrons. The van der Waals surface area contributed by atoms with Gasteiger partial charge in [0, 0.05) is 45.7 Å². The molecule has 0 aromatic heterocycles. The molecule has 0 saturated carbocycles. The van der Waals surface area contributed by atoms with Gasteiger partial charge in [0.25, 0.3) is 0 Å². The Morgan fingerprint density at radius 3 is 2.48 bits per heavy atom. The van der Waals surface area contributed by atoms with Gasteiger partial charge in [0.05, 0.1) is 12.6 Å². The van der Waals surface area contributed by atoms with E-state index in [0.29, 0.717) is 13.0 Å². The van der Waals surface area contributed by atoms with Crippen LogP contribution in [0.15, 0.2) is 0 Å². The number of rotatable bonds is 7. The van der Waals surface area contributed by atoms with Gasteiger partial charge in [0.2, 0.25) is 17.7 Å². The average Bonchev–Trinajstić information content (AvgIpc) is 3.16. The van der Waals surface area contributed by atoms with Crippen LogP contribution in [-0.2, 0) is 14.4 Å². The first-order chi connectivity index (χ1) is 12.6. The van der Waals surface area contributed by atoms with E-state index < -0.39 is 0 Å². The van der Waals surface area contributed by atoms with Crippen LogP contribution in [0.1, 0.15) is 53.4 Å². The second-order valence-corrected chi connectivity index (χ2v) is 9.10. The van der Waals surface area contributed by atoms with Crippen molar-refractivity contribution in [3.8, 4) is 0 Å². The minimum Gasteiger partial charge on any atom is -0.347 e. The molecule has 0 aromatic carbocycles. The van der Waals surface area contributed by atoms with E-state index in [1.807, 2.05) is 32.7 Å². The number of hydrogen-bond donors (Lipinski definition) is 1. The highest BCUT2D eigenvalue weighted by Crippen LogP contribution is 2.24. The Balaban J connectivity index is 1.90. The SMILES string of the molecule is CCCN(C(=O)CNC(=O)CC(C)(C)C)C1CCN(C2CCN(C)C2=O)C1. The Bertz CT molecular complexity index is 558. The molecule has 3 amide bonds. The number of nitrogens with zero attached hydrogens (tertiary/aromatic N) is 3. The maximum absolute atomic E-state index is 12.8. The Morgan fingerprint density at radius 1 is 1.22 bits per heavy atom. The summed E-state index contributed by atoms with van der Waals surface area (Å²) in [4.78, 5) is 43.0. The summed E-state index contributed by atoms with van der Waals surface area (Å²) in [6.45, 7) is 11.2. The normalized spacial score (nSPS) is 23.7. The smallest absolute Gasteiger partial charge is 0.242 e. The summed E-state index contributed by atoms with van der Waals surface area (Å²) >= 11 is 0. The lowest BCUT2D eigenvalue weighted by atomic mass is 9.92.